The summed E-state index contributed by atoms with van der Waals surface area (Å²) in [5.41, 5.74) is 1.65. The van der Waals surface area contributed by atoms with Crippen molar-refractivity contribution in [1.82, 2.24) is 10.2 Å². The largest absolute Gasteiger partial charge is 0.354 e. The van der Waals surface area contributed by atoms with Crippen LogP contribution in [0.3, 0.4) is 0 Å². The molecular formula is C29H32Cl3N3O4S. The lowest BCUT2D eigenvalue weighted by molar-refractivity contribution is -0.139. The number of hydrogen-bond acceptors (Lipinski definition) is 4. The van der Waals surface area contributed by atoms with Gasteiger partial charge in [0.1, 0.15) is 12.6 Å². The highest BCUT2D eigenvalue weighted by Gasteiger charge is 2.33. The highest BCUT2D eigenvalue weighted by molar-refractivity contribution is 7.92. The normalized spacial score (nSPS) is 12.2. The van der Waals surface area contributed by atoms with Crippen molar-refractivity contribution in [3.05, 3.63) is 92.9 Å². The molecule has 0 aliphatic carbocycles. The van der Waals surface area contributed by atoms with Gasteiger partial charge in [-0.2, -0.15) is 0 Å². The lowest BCUT2D eigenvalue weighted by atomic mass is 10.1. The monoisotopic (exact) mass is 623 g/mol. The van der Waals surface area contributed by atoms with Crippen molar-refractivity contribution in [2.24, 2.45) is 5.92 Å². The van der Waals surface area contributed by atoms with Crippen LogP contribution in [0.5, 0.6) is 0 Å². The number of halogens is 3. The first kappa shape index (κ1) is 31.7. The smallest absolute Gasteiger partial charge is 0.264 e. The van der Waals surface area contributed by atoms with Crippen molar-refractivity contribution in [3.63, 3.8) is 0 Å². The Bertz CT molecular complexity index is 1460. The molecular weight excluding hydrogens is 593 g/mol. The van der Waals surface area contributed by atoms with Crippen LogP contribution in [0.1, 0.15) is 31.9 Å². The number of aryl methyl sites for hydroxylation is 1. The number of sulfonamides is 1. The van der Waals surface area contributed by atoms with Gasteiger partial charge in [-0.05, 0) is 61.7 Å². The number of nitrogens with zero attached hydrogens (tertiary/aromatic N) is 2. The quantitative estimate of drug-likeness (QED) is 0.270. The second-order valence-electron chi connectivity index (χ2n) is 9.86. The summed E-state index contributed by atoms with van der Waals surface area (Å²) in [4.78, 5) is 28.3. The molecule has 40 heavy (non-hydrogen) atoms. The summed E-state index contributed by atoms with van der Waals surface area (Å²) in [6.07, 6.45) is 0. The van der Waals surface area contributed by atoms with Crippen LogP contribution in [0.4, 0.5) is 5.69 Å². The summed E-state index contributed by atoms with van der Waals surface area (Å²) in [5.74, 6) is -0.771. The Morgan fingerprint density at radius 1 is 0.875 bits per heavy atom. The summed E-state index contributed by atoms with van der Waals surface area (Å²) in [5, 5.41) is 3.65. The Balaban J connectivity index is 2.04. The second-order valence-corrected chi connectivity index (χ2v) is 12.9. The molecule has 0 fully saturated rings. The molecule has 0 heterocycles. The average molecular weight is 625 g/mol. The number of nitrogens with one attached hydrogen (secondary N) is 1. The van der Waals surface area contributed by atoms with E-state index in [1.165, 1.54) is 23.1 Å². The topological polar surface area (TPSA) is 86.8 Å². The fourth-order valence-corrected chi connectivity index (χ4v) is 5.92. The third kappa shape index (κ3) is 7.91. The summed E-state index contributed by atoms with van der Waals surface area (Å²) in [6.45, 7) is 7.18. The zero-order chi connectivity index (χ0) is 29.6. The minimum absolute atomic E-state index is 0.00424. The van der Waals surface area contributed by atoms with Crippen LogP contribution in [-0.2, 0) is 26.2 Å². The van der Waals surface area contributed by atoms with E-state index in [0.717, 1.165) is 9.87 Å². The molecule has 0 aromatic heterocycles. The number of amides is 2. The summed E-state index contributed by atoms with van der Waals surface area (Å²) in [6, 6.07) is 16.7. The fraction of sp³-hybridized carbons (Fsp3) is 0.310. The fourth-order valence-electron chi connectivity index (χ4n) is 3.87. The molecule has 1 N–H and O–H groups in total. The Kier molecular flexibility index (Phi) is 10.9. The zero-order valence-corrected chi connectivity index (χ0v) is 25.8. The maximum Gasteiger partial charge on any atom is 0.264 e. The maximum atomic E-state index is 13.9. The molecule has 3 aromatic carbocycles. The van der Waals surface area contributed by atoms with Crippen LogP contribution >= 0.6 is 34.8 Å². The molecule has 3 aromatic rings. The molecule has 1 atom stereocenters. The van der Waals surface area contributed by atoms with E-state index in [0.29, 0.717) is 22.2 Å². The van der Waals surface area contributed by atoms with Gasteiger partial charge in [0.05, 0.1) is 25.7 Å². The van der Waals surface area contributed by atoms with E-state index >= 15 is 0 Å². The van der Waals surface area contributed by atoms with Crippen molar-refractivity contribution in [1.29, 1.82) is 0 Å². The molecule has 3 rings (SSSR count). The molecule has 214 valence electrons. The minimum atomic E-state index is -4.21. The highest BCUT2D eigenvalue weighted by Crippen LogP contribution is 2.31. The van der Waals surface area contributed by atoms with E-state index in [9.17, 15) is 18.0 Å². The third-order valence-electron chi connectivity index (χ3n) is 6.20. The summed E-state index contributed by atoms with van der Waals surface area (Å²) < 4.78 is 28.7. The predicted octanol–water partition coefficient (Wildman–Crippen LogP) is 6.34. The number of hydrogen-bond donors (Lipinski definition) is 1. The Morgan fingerprint density at radius 2 is 1.52 bits per heavy atom. The molecule has 0 aliphatic rings. The third-order valence-corrected chi connectivity index (χ3v) is 9.03. The van der Waals surface area contributed by atoms with Gasteiger partial charge < -0.3 is 10.2 Å². The Hall–Kier alpha value is -2.78. The predicted molar refractivity (Wildman–Crippen MR) is 161 cm³/mol. The molecule has 0 saturated heterocycles. The van der Waals surface area contributed by atoms with E-state index in [4.69, 9.17) is 34.8 Å². The molecule has 0 saturated carbocycles. The van der Waals surface area contributed by atoms with Gasteiger partial charge in [0, 0.05) is 13.1 Å². The molecule has 0 aliphatic heterocycles. The van der Waals surface area contributed by atoms with Gasteiger partial charge in [0.2, 0.25) is 11.8 Å². The van der Waals surface area contributed by atoms with E-state index in [1.54, 1.807) is 55.5 Å². The van der Waals surface area contributed by atoms with Crippen molar-refractivity contribution in [2.45, 2.75) is 45.2 Å². The lowest BCUT2D eigenvalue weighted by Crippen LogP contribution is -2.51. The van der Waals surface area contributed by atoms with Crippen LogP contribution < -0.4 is 9.62 Å². The molecule has 0 radical (unpaired) electrons. The van der Waals surface area contributed by atoms with Gasteiger partial charge in [-0.1, -0.05) is 84.5 Å². The molecule has 11 heteroatoms. The Morgan fingerprint density at radius 3 is 2.12 bits per heavy atom. The number of anilines is 1. The van der Waals surface area contributed by atoms with Crippen LogP contribution in [0.25, 0.3) is 0 Å². The first-order valence-electron chi connectivity index (χ1n) is 12.7. The minimum Gasteiger partial charge on any atom is -0.354 e. The van der Waals surface area contributed by atoms with Crippen molar-refractivity contribution >= 4 is 62.3 Å². The molecule has 0 unspecified atom stereocenters. The molecule has 0 bridgehead atoms. The number of carbonyl (C=O) groups excluding carboxylic acids is 2. The number of para-hydroxylation sites is 1. The molecule has 0 spiro atoms. The second kappa shape index (κ2) is 13.7. The van der Waals surface area contributed by atoms with E-state index < -0.39 is 28.5 Å². The van der Waals surface area contributed by atoms with E-state index in [1.807, 2.05) is 20.8 Å². The van der Waals surface area contributed by atoms with Crippen LogP contribution in [0, 0.1) is 12.8 Å². The van der Waals surface area contributed by atoms with Gasteiger partial charge >= 0.3 is 0 Å². The van der Waals surface area contributed by atoms with E-state index in [-0.39, 0.29) is 34.0 Å². The van der Waals surface area contributed by atoms with Crippen molar-refractivity contribution < 1.29 is 18.0 Å². The van der Waals surface area contributed by atoms with Gasteiger partial charge in [-0.3, -0.25) is 13.9 Å². The van der Waals surface area contributed by atoms with Crippen molar-refractivity contribution in [3.8, 4) is 0 Å². The van der Waals surface area contributed by atoms with Crippen molar-refractivity contribution in [2.75, 3.05) is 17.4 Å². The molecule has 7 nitrogen and oxygen atoms in total. The van der Waals surface area contributed by atoms with Gasteiger partial charge in [-0.15, -0.1) is 0 Å². The van der Waals surface area contributed by atoms with Crippen LogP contribution in [-0.4, -0.2) is 44.3 Å². The number of rotatable bonds is 11. The summed E-state index contributed by atoms with van der Waals surface area (Å²) in [7, 11) is -4.21. The average Bonchev–Trinajstić information content (AvgIpc) is 2.91. The Labute approximate surface area is 251 Å². The highest BCUT2D eigenvalue weighted by atomic mass is 35.5. The summed E-state index contributed by atoms with van der Waals surface area (Å²) >= 11 is 18.7. The maximum absolute atomic E-state index is 13.9. The standard InChI is InChI=1S/C29H32Cl3N3O4S/c1-19(2)16-33-29(37)21(4)34(17-22-11-14-24(30)26(32)15-22)28(36)18-35(27-8-6-5-7-25(27)31)40(38,39)23-12-9-20(3)10-13-23/h5-15,19,21H,16-18H2,1-4H3,(H,33,37)/t21-/m1/s1. The number of benzene rings is 3. The van der Waals surface area contributed by atoms with Gasteiger partial charge in [0.15, 0.2) is 0 Å². The van der Waals surface area contributed by atoms with E-state index in [2.05, 4.69) is 5.32 Å². The van der Waals surface area contributed by atoms with Gasteiger partial charge in [0.25, 0.3) is 10.0 Å². The van der Waals surface area contributed by atoms with Gasteiger partial charge in [-0.25, -0.2) is 8.42 Å². The first-order chi connectivity index (χ1) is 18.8. The first-order valence-corrected chi connectivity index (χ1v) is 15.2. The number of carbonyl (C=O) groups is 2. The zero-order valence-electron chi connectivity index (χ0n) is 22.7. The molecule has 2 amide bonds. The van der Waals surface area contributed by atoms with Crippen LogP contribution in [0.15, 0.2) is 71.6 Å². The lowest BCUT2D eigenvalue weighted by Gasteiger charge is -2.32. The SMILES string of the molecule is Cc1ccc(S(=O)(=O)N(CC(=O)N(Cc2ccc(Cl)c(Cl)c2)[C@H](C)C(=O)NCC(C)C)c2ccccc2Cl)cc1. The van der Waals surface area contributed by atoms with Crippen LogP contribution in [0.2, 0.25) is 15.1 Å².